The normalized spacial score (nSPS) is 13.5. The van der Waals surface area contributed by atoms with E-state index >= 15 is 0 Å². The Balaban J connectivity index is 1.35. The molecule has 0 bridgehead atoms. The van der Waals surface area contributed by atoms with Crippen LogP contribution in [0.3, 0.4) is 0 Å². The molecule has 1 fully saturated rings. The molecule has 0 saturated heterocycles. The Morgan fingerprint density at radius 1 is 1.13 bits per heavy atom. The number of phenols is 1. The van der Waals surface area contributed by atoms with Gasteiger partial charge < -0.3 is 14.8 Å². The number of aromatic amines is 1. The number of H-pyrrole nitrogens is 1. The van der Waals surface area contributed by atoms with Crippen molar-refractivity contribution in [3.63, 3.8) is 0 Å². The maximum atomic E-state index is 12.6. The molecule has 7 nitrogen and oxygen atoms in total. The van der Waals surface area contributed by atoms with E-state index in [0.29, 0.717) is 39.6 Å². The molecule has 1 aliphatic rings. The predicted molar refractivity (Wildman–Crippen MR) is 112 cm³/mol. The fourth-order valence-corrected chi connectivity index (χ4v) is 3.46. The standard InChI is InChI=1S/C23H19N3O4/c27-16-6-4-15(5-7-16)21-12-19(28)17-9-13(1-8-20(17)30-21)10-23(29)24-22-11-18(25-26-22)14-2-3-14/h1,4-9,11-12,14,27H,2-3,10H2,(H2,24,25,26,29). The van der Waals surface area contributed by atoms with E-state index in [9.17, 15) is 14.7 Å². The van der Waals surface area contributed by atoms with Crippen molar-refractivity contribution in [2.45, 2.75) is 25.2 Å². The van der Waals surface area contributed by atoms with E-state index < -0.39 is 0 Å². The van der Waals surface area contributed by atoms with Gasteiger partial charge in [0.1, 0.15) is 17.1 Å². The maximum Gasteiger partial charge on any atom is 0.229 e. The number of carbonyl (C=O) groups is 1. The molecule has 0 radical (unpaired) electrons. The highest BCUT2D eigenvalue weighted by Crippen LogP contribution is 2.39. The molecule has 7 heteroatoms. The first-order valence-electron chi connectivity index (χ1n) is 9.76. The molecule has 5 rings (SSSR count). The smallest absolute Gasteiger partial charge is 0.229 e. The number of aromatic nitrogens is 2. The fourth-order valence-electron chi connectivity index (χ4n) is 3.46. The van der Waals surface area contributed by atoms with Crippen molar-refractivity contribution < 1.29 is 14.3 Å². The van der Waals surface area contributed by atoms with E-state index in [0.717, 1.165) is 18.5 Å². The second-order valence-corrected chi connectivity index (χ2v) is 7.56. The molecular weight excluding hydrogens is 382 g/mol. The van der Waals surface area contributed by atoms with Crippen molar-refractivity contribution >= 4 is 22.7 Å². The molecule has 0 unspecified atom stereocenters. The minimum atomic E-state index is -0.201. The number of amides is 1. The van der Waals surface area contributed by atoms with Crippen LogP contribution in [0, 0.1) is 0 Å². The van der Waals surface area contributed by atoms with Crippen molar-refractivity contribution in [1.29, 1.82) is 0 Å². The van der Waals surface area contributed by atoms with Gasteiger partial charge in [0, 0.05) is 29.3 Å². The van der Waals surface area contributed by atoms with E-state index in [1.807, 2.05) is 6.07 Å². The SMILES string of the molecule is O=C(Cc1ccc2oc(-c3ccc(O)cc3)cc(=O)c2c1)Nc1cc(C2CC2)[nH]n1. The molecule has 0 aliphatic heterocycles. The first kappa shape index (κ1) is 18.2. The average molecular weight is 401 g/mol. The Hall–Kier alpha value is -3.87. The van der Waals surface area contributed by atoms with Crippen LogP contribution >= 0.6 is 0 Å². The summed E-state index contributed by atoms with van der Waals surface area (Å²) in [6, 6.07) is 14.9. The number of hydrogen-bond acceptors (Lipinski definition) is 5. The third-order valence-electron chi connectivity index (χ3n) is 5.19. The van der Waals surface area contributed by atoms with Gasteiger partial charge in [0.25, 0.3) is 0 Å². The maximum absolute atomic E-state index is 12.6. The molecule has 1 aliphatic carbocycles. The molecule has 3 N–H and O–H groups in total. The van der Waals surface area contributed by atoms with Crippen LogP contribution in [0.4, 0.5) is 5.82 Å². The van der Waals surface area contributed by atoms with Crippen LogP contribution in [0.1, 0.15) is 30.0 Å². The summed E-state index contributed by atoms with van der Waals surface area (Å²) in [4.78, 5) is 25.0. The van der Waals surface area contributed by atoms with Crippen molar-refractivity contribution in [2.75, 3.05) is 5.32 Å². The highest BCUT2D eigenvalue weighted by atomic mass is 16.3. The Morgan fingerprint density at radius 2 is 1.93 bits per heavy atom. The Bertz CT molecular complexity index is 1300. The van der Waals surface area contributed by atoms with Gasteiger partial charge in [0.15, 0.2) is 11.2 Å². The van der Waals surface area contributed by atoms with Gasteiger partial charge in [-0.15, -0.1) is 0 Å². The Morgan fingerprint density at radius 3 is 2.70 bits per heavy atom. The van der Waals surface area contributed by atoms with Crippen LogP contribution in [0.2, 0.25) is 0 Å². The minimum absolute atomic E-state index is 0.126. The predicted octanol–water partition coefficient (Wildman–Crippen LogP) is 3.95. The summed E-state index contributed by atoms with van der Waals surface area (Å²) in [5.74, 6) is 1.41. The highest BCUT2D eigenvalue weighted by Gasteiger charge is 2.25. The summed E-state index contributed by atoms with van der Waals surface area (Å²) < 4.78 is 5.86. The summed E-state index contributed by atoms with van der Waals surface area (Å²) >= 11 is 0. The lowest BCUT2D eigenvalue weighted by Crippen LogP contribution is -2.15. The lowest BCUT2D eigenvalue weighted by molar-refractivity contribution is -0.115. The van der Waals surface area contributed by atoms with Gasteiger partial charge in [-0.1, -0.05) is 6.07 Å². The van der Waals surface area contributed by atoms with Gasteiger partial charge in [-0.3, -0.25) is 14.7 Å². The van der Waals surface area contributed by atoms with Gasteiger partial charge in [0.05, 0.1) is 11.8 Å². The summed E-state index contributed by atoms with van der Waals surface area (Å²) in [7, 11) is 0. The molecule has 1 amide bonds. The molecule has 30 heavy (non-hydrogen) atoms. The first-order chi connectivity index (χ1) is 14.5. The number of phenolic OH excluding ortho intramolecular Hbond substituents is 1. The minimum Gasteiger partial charge on any atom is -0.508 e. The third-order valence-corrected chi connectivity index (χ3v) is 5.19. The molecule has 0 spiro atoms. The van der Waals surface area contributed by atoms with E-state index in [-0.39, 0.29) is 23.5 Å². The van der Waals surface area contributed by atoms with Gasteiger partial charge in [-0.05, 0) is 54.8 Å². The Kier molecular flexibility index (Phi) is 4.35. The second-order valence-electron chi connectivity index (χ2n) is 7.56. The quantitative estimate of drug-likeness (QED) is 0.469. The number of benzene rings is 2. The number of nitrogens with one attached hydrogen (secondary N) is 2. The van der Waals surface area contributed by atoms with Crippen LogP contribution in [0.5, 0.6) is 5.75 Å². The van der Waals surface area contributed by atoms with Crippen LogP contribution < -0.4 is 10.7 Å². The monoisotopic (exact) mass is 401 g/mol. The molecule has 150 valence electrons. The van der Waals surface area contributed by atoms with Crippen molar-refractivity contribution in [2.24, 2.45) is 0 Å². The van der Waals surface area contributed by atoms with Crippen molar-refractivity contribution in [3.8, 4) is 17.1 Å². The molecule has 1 saturated carbocycles. The van der Waals surface area contributed by atoms with E-state index in [1.54, 1.807) is 30.3 Å². The number of aromatic hydroxyl groups is 1. The van der Waals surface area contributed by atoms with E-state index in [2.05, 4.69) is 15.5 Å². The second kappa shape index (κ2) is 7.18. The van der Waals surface area contributed by atoms with Crippen LogP contribution in [0.15, 0.2) is 63.8 Å². The van der Waals surface area contributed by atoms with Crippen molar-refractivity contribution in [3.05, 3.63) is 76.1 Å². The van der Waals surface area contributed by atoms with Crippen molar-refractivity contribution in [1.82, 2.24) is 10.2 Å². The molecule has 4 aromatic rings. The molecular formula is C23H19N3O4. The number of carbonyl (C=O) groups excluding carboxylic acids is 1. The summed E-state index contributed by atoms with van der Waals surface area (Å²) in [5.41, 5.74) is 2.71. The molecule has 2 heterocycles. The van der Waals surface area contributed by atoms with Crippen LogP contribution in [0.25, 0.3) is 22.3 Å². The largest absolute Gasteiger partial charge is 0.508 e. The van der Waals surface area contributed by atoms with E-state index in [4.69, 9.17) is 4.42 Å². The zero-order valence-corrected chi connectivity index (χ0v) is 16.0. The number of nitrogens with zero attached hydrogens (tertiary/aromatic N) is 1. The summed E-state index contributed by atoms with van der Waals surface area (Å²) in [6.45, 7) is 0. The molecule has 2 aromatic carbocycles. The number of hydrogen-bond donors (Lipinski definition) is 3. The van der Waals surface area contributed by atoms with Gasteiger partial charge in [-0.2, -0.15) is 5.10 Å². The van der Waals surface area contributed by atoms with Crippen LogP contribution in [-0.4, -0.2) is 21.2 Å². The summed E-state index contributed by atoms with van der Waals surface area (Å²) in [5, 5.41) is 19.7. The highest BCUT2D eigenvalue weighted by molar-refractivity contribution is 5.92. The summed E-state index contributed by atoms with van der Waals surface area (Å²) in [6.07, 6.45) is 2.44. The zero-order valence-electron chi connectivity index (χ0n) is 16.0. The average Bonchev–Trinajstić information content (AvgIpc) is 3.48. The van der Waals surface area contributed by atoms with Crippen LogP contribution in [-0.2, 0) is 11.2 Å². The number of anilines is 1. The molecule has 0 atom stereocenters. The first-order valence-corrected chi connectivity index (χ1v) is 9.76. The lowest BCUT2D eigenvalue weighted by Gasteiger charge is -2.06. The topological polar surface area (TPSA) is 108 Å². The Labute approximate surface area is 171 Å². The van der Waals surface area contributed by atoms with Gasteiger partial charge in [-0.25, -0.2) is 0 Å². The van der Waals surface area contributed by atoms with E-state index in [1.165, 1.54) is 18.2 Å². The zero-order chi connectivity index (χ0) is 20.7. The third kappa shape index (κ3) is 3.69. The molecule has 2 aromatic heterocycles. The van der Waals surface area contributed by atoms with Gasteiger partial charge in [0.2, 0.25) is 5.91 Å². The number of rotatable bonds is 5. The number of fused-ring (bicyclic) bond motifs is 1. The fraction of sp³-hybridized carbons (Fsp3) is 0.174. The van der Waals surface area contributed by atoms with Gasteiger partial charge >= 0.3 is 0 Å². The lowest BCUT2D eigenvalue weighted by atomic mass is 10.1.